The molecule has 1 aromatic rings. The lowest BCUT2D eigenvalue weighted by Gasteiger charge is -2.11. The van der Waals surface area contributed by atoms with Crippen LogP contribution in [0, 0.1) is 0 Å². The molecule has 5 nitrogen and oxygen atoms in total. The largest absolute Gasteiger partial charge is 0.493 e. The van der Waals surface area contributed by atoms with Gasteiger partial charge >= 0.3 is 5.97 Å². The van der Waals surface area contributed by atoms with Crippen LogP contribution in [0.25, 0.3) is 0 Å². The molecule has 0 amide bonds. The Balaban J connectivity index is 2.11. The van der Waals surface area contributed by atoms with Crippen LogP contribution in [0.5, 0.6) is 11.5 Å². The van der Waals surface area contributed by atoms with Gasteiger partial charge in [0.25, 0.3) is 0 Å². The Morgan fingerprint density at radius 2 is 2.22 bits per heavy atom. The number of epoxide rings is 1. The van der Waals surface area contributed by atoms with Crippen molar-refractivity contribution < 1.29 is 23.7 Å². The summed E-state index contributed by atoms with van der Waals surface area (Å²) in [4.78, 5) is 11.6. The van der Waals surface area contributed by atoms with E-state index in [0.29, 0.717) is 30.3 Å². The van der Waals surface area contributed by atoms with Crippen molar-refractivity contribution in [3.05, 3.63) is 23.8 Å². The molecule has 1 unspecified atom stereocenters. The Labute approximate surface area is 106 Å². The number of benzene rings is 1. The zero-order chi connectivity index (χ0) is 13.0. The first-order valence-corrected chi connectivity index (χ1v) is 5.84. The van der Waals surface area contributed by atoms with E-state index in [1.54, 1.807) is 32.2 Å². The van der Waals surface area contributed by atoms with Gasteiger partial charge in [-0.2, -0.15) is 0 Å². The van der Waals surface area contributed by atoms with Gasteiger partial charge in [0.15, 0.2) is 11.5 Å². The number of carbonyl (C=O) groups is 1. The number of ether oxygens (including phenoxy) is 4. The molecular formula is C13H16O5. The average molecular weight is 252 g/mol. The van der Waals surface area contributed by atoms with Gasteiger partial charge in [-0.3, -0.25) is 0 Å². The van der Waals surface area contributed by atoms with E-state index in [-0.39, 0.29) is 12.1 Å². The monoisotopic (exact) mass is 252 g/mol. The van der Waals surface area contributed by atoms with Crippen LogP contribution in [0.3, 0.4) is 0 Å². The highest BCUT2D eigenvalue weighted by Gasteiger charge is 2.24. The predicted molar refractivity (Wildman–Crippen MR) is 64.2 cm³/mol. The third kappa shape index (κ3) is 3.13. The Morgan fingerprint density at radius 1 is 1.44 bits per heavy atom. The van der Waals surface area contributed by atoms with E-state index >= 15 is 0 Å². The van der Waals surface area contributed by atoms with Crippen molar-refractivity contribution in [1.82, 2.24) is 0 Å². The lowest BCUT2D eigenvalue weighted by Crippen LogP contribution is -2.08. The summed E-state index contributed by atoms with van der Waals surface area (Å²) in [5, 5.41) is 0. The number of rotatable bonds is 6. The number of hydrogen-bond acceptors (Lipinski definition) is 5. The SMILES string of the molecule is CCOC(=O)c1ccc(OC)c(OCC2CO2)c1. The first-order chi connectivity index (χ1) is 8.74. The quantitative estimate of drug-likeness (QED) is 0.569. The Bertz CT molecular complexity index is 425. The Morgan fingerprint density at radius 3 is 2.83 bits per heavy atom. The van der Waals surface area contributed by atoms with Gasteiger partial charge in [-0.25, -0.2) is 4.79 Å². The van der Waals surface area contributed by atoms with Gasteiger partial charge in [0.1, 0.15) is 12.7 Å². The molecular weight excluding hydrogens is 236 g/mol. The predicted octanol–water partition coefficient (Wildman–Crippen LogP) is 1.65. The first kappa shape index (κ1) is 12.7. The van der Waals surface area contributed by atoms with Crippen molar-refractivity contribution in [3.63, 3.8) is 0 Å². The lowest BCUT2D eigenvalue weighted by molar-refractivity contribution is 0.0526. The number of carbonyl (C=O) groups excluding carboxylic acids is 1. The zero-order valence-corrected chi connectivity index (χ0v) is 10.5. The molecule has 0 bridgehead atoms. The van der Waals surface area contributed by atoms with E-state index in [4.69, 9.17) is 18.9 Å². The molecule has 0 N–H and O–H groups in total. The summed E-state index contributed by atoms with van der Waals surface area (Å²) in [6.45, 7) is 3.29. The minimum atomic E-state index is -0.368. The Hall–Kier alpha value is -1.75. The third-order valence-corrected chi connectivity index (χ3v) is 2.50. The van der Waals surface area contributed by atoms with Crippen LogP contribution in [-0.4, -0.2) is 39.0 Å². The van der Waals surface area contributed by atoms with E-state index in [1.165, 1.54) is 0 Å². The van der Waals surface area contributed by atoms with Crippen LogP contribution in [0.1, 0.15) is 17.3 Å². The topological polar surface area (TPSA) is 57.3 Å². The lowest BCUT2D eigenvalue weighted by atomic mass is 10.2. The van der Waals surface area contributed by atoms with E-state index in [9.17, 15) is 4.79 Å². The molecule has 0 radical (unpaired) electrons. The maximum atomic E-state index is 11.6. The highest BCUT2D eigenvalue weighted by atomic mass is 16.6. The van der Waals surface area contributed by atoms with Gasteiger partial charge in [-0.05, 0) is 25.1 Å². The normalized spacial score (nSPS) is 17.1. The molecule has 0 saturated carbocycles. The van der Waals surface area contributed by atoms with Crippen molar-refractivity contribution in [2.75, 3.05) is 26.9 Å². The molecule has 1 aliphatic rings. The van der Waals surface area contributed by atoms with Crippen LogP contribution < -0.4 is 9.47 Å². The molecule has 98 valence electrons. The van der Waals surface area contributed by atoms with Crippen molar-refractivity contribution in [3.8, 4) is 11.5 Å². The highest BCUT2D eigenvalue weighted by molar-refractivity contribution is 5.90. The molecule has 1 aliphatic heterocycles. The fourth-order valence-corrected chi connectivity index (χ4v) is 1.48. The minimum Gasteiger partial charge on any atom is -0.493 e. The van der Waals surface area contributed by atoms with Gasteiger partial charge in [0.05, 0.1) is 25.9 Å². The van der Waals surface area contributed by atoms with Crippen molar-refractivity contribution in [2.45, 2.75) is 13.0 Å². The summed E-state index contributed by atoms with van der Waals surface area (Å²) in [6.07, 6.45) is 0.154. The number of hydrogen-bond donors (Lipinski definition) is 0. The molecule has 1 saturated heterocycles. The summed E-state index contributed by atoms with van der Waals surface area (Å²) in [5.74, 6) is 0.745. The average Bonchev–Trinajstić information content (AvgIpc) is 3.20. The van der Waals surface area contributed by atoms with Gasteiger partial charge in [0.2, 0.25) is 0 Å². The molecule has 1 heterocycles. The minimum absolute atomic E-state index is 0.154. The standard InChI is InChI=1S/C13H16O5/c1-3-16-13(14)9-4-5-11(15-2)12(6-9)18-8-10-7-17-10/h4-6,10H,3,7-8H2,1-2H3. The molecule has 0 aliphatic carbocycles. The van der Waals surface area contributed by atoms with Crippen molar-refractivity contribution in [2.24, 2.45) is 0 Å². The first-order valence-electron chi connectivity index (χ1n) is 5.84. The molecule has 0 aromatic heterocycles. The molecule has 0 spiro atoms. The third-order valence-electron chi connectivity index (χ3n) is 2.50. The second-order valence-corrected chi connectivity index (χ2v) is 3.85. The smallest absolute Gasteiger partial charge is 0.338 e. The highest BCUT2D eigenvalue weighted by Crippen LogP contribution is 2.29. The summed E-state index contributed by atoms with van der Waals surface area (Å²) >= 11 is 0. The molecule has 5 heteroatoms. The molecule has 1 fully saturated rings. The van der Waals surface area contributed by atoms with Crippen LogP contribution in [0.2, 0.25) is 0 Å². The fourth-order valence-electron chi connectivity index (χ4n) is 1.48. The van der Waals surface area contributed by atoms with Crippen LogP contribution in [0.4, 0.5) is 0 Å². The molecule has 18 heavy (non-hydrogen) atoms. The second kappa shape index (κ2) is 5.73. The van der Waals surface area contributed by atoms with Crippen LogP contribution in [0.15, 0.2) is 18.2 Å². The van der Waals surface area contributed by atoms with Gasteiger partial charge in [0, 0.05) is 0 Å². The number of esters is 1. The van der Waals surface area contributed by atoms with Gasteiger partial charge in [-0.1, -0.05) is 0 Å². The van der Waals surface area contributed by atoms with E-state index in [1.807, 2.05) is 0 Å². The summed E-state index contributed by atoms with van der Waals surface area (Å²) in [6, 6.07) is 4.96. The molecule has 1 aromatic carbocycles. The zero-order valence-electron chi connectivity index (χ0n) is 10.5. The fraction of sp³-hybridized carbons (Fsp3) is 0.462. The van der Waals surface area contributed by atoms with Crippen LogP contribution >= 0.6 is 0 Å². The van der Waals surface area contributed by atoms with E-state index in [0.717, 1.165) is 6.61 Å². The Kier molecular flexibility index (Phi) is 4.04. The number of methoxy groups -OCH3 is 1. The molecule has 2 rings (SSSR count). The maximum absolute atomic E-state index is 11.6. The van der Waals surface area contributed by atoms with Gasteiger partial charge < -0.3 is 18.9 Å². The second-order valence-electron chi connectivity index (χ2n) is 3.85. The van der Waals surface area contributed by atoms with E-state index < -0.39 is 0 Å². The summed E-state index contributed by atoms with van der Waals surface area (Å²) in [7, 11) is 1.56. The summed E-state index contributed by atoms with van der Waals surface area (Å²) in [5.41, 5.74) is 0.448. The van der Waals surface area contributed by atoms with Crippen molar-refractivity contribution >= 4 is 5.97 Å². The summed E-state index contributed by atoms with van der Waals surface area (Å²) < 4.78 is 20.7. The van der Waals surface area contributed by atoms with Crippen molar-refractivity contribution in [1.29, 1.82) is 0 Å². The maximum Gasteiger partial charge on any atom is 0.338 e. The van der Waals surface area contributed by atoms with Crippen LogP contribution in [-0.2, 0) is 9.47 Å². The van der Waals surface area contributed by atoms with E-state index in [2.05, 4.69) is 0 Å². The van der Waals surface area contributed by atoms with Gasteiger partial charge in [-0.15, -0.1) is 0 Å². The molecule has 1 atom stereocenters.